The molecule has 166 valence electrons. The molecule has 0 atom stereocenters. The van der Waals surface area contributed by atoms with Gasteiger partial charge in [0.15, 0.2) is 0 Å². The van der Waals surface area contributed by atoms with Crippen LogP contribution in [0.1, 0.15) is 135 Å². The van der Waals surface area contributed by atoms with Crippen LogP contribution < -0.4 is 6.15 Å². The highest BCUT2D eigenvalue weighted by molar-refractivity contribution is 7.39. The molecule has 0 aromatic rings. The molecule has 0 amide bonds. The molecular formula is C22H50NO3P. The van der Waals surface area contributed by atoms with E-state index in [-0.39, 0.29) is 6.15 Å². The summed E-state index contributed by atoms with van der Waals surface area (Å²) < 4.78 is 4.75. The van der Waals surface area contributed by atoms with E-state index in [1.165, 1.54) is 116 Å². The van der Waals surface area contributed by atoms with Gasteiger partial charge in [0.05, 0.1) is 6.61 Å². The summed E-state index contributed by atoms with van der Waals surface area (Å²) >= 11 is 0. The van der Waals surface area contributed by atoms with Gasteiger partial charge in [0.1, 0.15) is 0 Å². The Labute approximate surface area is 171 Å². The molecule has 0 saturated heterocycles. The summed E-state index contributed by atoms with van der Waals surface area (Å²) in [5, 5.41) is 0. The standard InChI is InChI=1S/C22H47O3P.H3N/c1-2-3-4-5-6-7-8-9-10-11-12-13-14-15-16-17-18-19-20-21-22-25-26(23)24;/h23-24H,2-22H2,1H3;1H3. The van der Waals surface area contributed by atoms with Gasteiger partial charge in [-0.1, -0.05) is 129 Å². The van der Waals surface area contributed by atoms with Crippen LogP contribution in [0.25, 0.3) is 0 Å². The van der Waals surface area contributed by atoms with Gasteiger partial charge in [-0.05, 0) is 6.42 Å². The summed E-state index contributed by atoms with van der Waals surface area (Å²) in [5.41, 5.74) is 0. The zero-order valence-electron chi connectivity index (χ0n) is 18.3. The summed E-state index contributed by atoms with van der Waals surface area (Å²) in [6.07, 6.45) is 27.5. The van der Waals surface area contributed by atoms with Crippen molar-refractivity contribution in [2.75, 3.05) is 6.61 Å². The molecule has 0 aromatic carbocycles. The van der Waals surface area contributed by atoms with Crippen LogP contribution >= 0.6 is 8.60 Å². The van der Waals surface area contributed by atoms with Gasteiger partial charge in [-0.15, -0.1) is 0 Å². The van der Waals surface area contributed by atoms with Crippen molar-refractivity contribution in [2.45, 2.75) is 135 Å². The van der Waals surface area contributed by atoms with Crippen LogP contribution in [-0.4, -0.2) is 16.4 Å². The molecule has 0 aliphatic heterocycles. The maximum atomic E-state index is 8.61. The second kappa shape index (κ2) is 26.3. The molecule has 5 N–H and O–H groups in total. The van der Waals surface area contributed by atoms with E-state index in [1.54, 1.807) is 0 Å². The van der Waals surface area contributed by atoms with Gasteiger partial charge < -0.3 is 20.5 Å². The maximum absolute atomic E-state index is 8.61. The molecule has 5 heteroatoms. The molecule has 0 aliphatic rings. The Kier molecular flexibility index (Phi) is 28.7. The van der Waals surface area contributed by atoms with Crippen LogP contribution in [-0.2, 0) is 4.52 Å². The van der Waals surface area contributed by atoms with E-state index < -0.39 is 8.60 Å². The Morgan fingerprint density at radius 1 is 0.481 bits per heavy atom. The highest BCUT2D eigenvalue weighted by atomic mass is 31.2. The average Bonchev–Trinajstić information content (AvgIpc) is 2.62. The molecule has 0 radical (unpaired) electrons. The van der Waals surface area contributed by atoms with Crippen LogP contribution in [0, 0.1) is 0 Å². The summed E-state index contributed by atoms with van der Waals surface area (Å²) in [6, 6.07) is 0. The molecule has 4 nitrogen and oxygen atoms in total. The minimum atomic E-state index is -2.15. The Bertz CT molecular complexity index is 256. The summed E-state index contributed by atoms with van der Waals surface area (Å²) in [7, 11) is -2.15. The normalized spacial score (nSPS) is 11.1. The molecule has 0 aliphatic carbocycles. The van der Waals surface area contributed by atoms with Gasteiger partial charge >= 0.3 is 8.60 Å². The molecule has 27 heavy (non-hydrogen) atoms. The largest absolute Gasteiger partial charge is 0.344 e. The molecule has 0 bridgehead atoms. The number of hydrogen-bond acceptors (Lipinski definition) is 4. The molecule has 0 heterocycles. The highest BCUT2D eigenvalue weighted by Gasteiger charge is 1.98. The van der Waals surface area contributed by atoms with Gasteiger partial charge in [0.25, 0.3) is 0 Å². The SMILES string of the molecule is CCCCCCCCCCCCCCCCCCCCCCOP(O)O.N. The van der Waals surface area contributed by atoms with E-state index in [1.807, 2.05) is 0 Å². The molecule has 0 fully saturated rings. The molecule has 0 aromatic heterocycles. The average molecular weight is 408 g/mol. The van der Waals surface area contributed by atoms with Crippen LogP contribution in [0.2, 0.25) is 0 Å². The van der Waals surface area contributed by atoms with Crippen molar-refractivity contribution in [3.05, 3.63) is 0 Å². The lowest BCUT2D eigenvalue weighted by molar-refractivity contribution is 0.248. The Morgan fingerprint density at radius 2 is 0.741 bits per heavy atom. The smallest absolute Gasteiger partial charge is 0.327 e. The highest BCUT2D eigenvalue weighted by Crippen LogP contribution is 2.24. The van der Waals surface area contributed by atoms with Gasteiger partial charge in [-0.25, -0.2) is 0 Å². The molecule has 0 spiro atoms. The van der Waals surface area contributed by atoms with E-state index >= 15 is 0 Å². The first kappa shape index (κ1) is 29.5. The summed E-state index contributed by atoms with van der Waals surface area (Å²) in [5.74, 6) is 0. The fourth-order valence-electron chi connectivity index (χ4n) is 3.50. The third-order valence-electron chi connectivity index (χ3n) is 5.20. The Hall–Kier alpha value is 0.270. The van der Waals surface area contributed by atoms with Gasteiger partial charge in [-0.3, -0.25) is 0 Å². The molecule has 0 saturated carbocycles. The fourth-order valence-corrected chi connectivity index (χ4v) is 3.80. The predicted molar refractivity (Wildman–Crippen MR) is 120 cm³/mol. The van der Waals surface area contributed by atoms with Crippen LogP contribution in [0.5, 0.6) is 0 Å². The second-order valence-electron chi connectivity index (χ2n) is 7.80. The lowest BCUT2D eigenvalue weighted by Gasteiger charge is -2.04. The zero-order chi connectivity index (χ0) is 19.1. The van der Waals surface area contributed by atoms with Crippen LogP contribution in [0.3, 0.4) is 0 Å². The third-order valence-corrected chi connectivity index (χ3v) is 5.62. The topological polar surface area (TPSA) is 84.7 Å². The molecular weight excluding hydrogens is 357 g/mol. The monoisotopic (exact) mass is 407 g/mol. The van der Waals surface area contributed by atoms with Crippen molar-refractivity contribution in [1.82, 2.24) is 6.15 Å². The maximum Gasteiger partial charge on any atom is 0.327 e. The first-order chi connectivity index (χ1) is 12.8. The lowest BCUT2D eigenvalue weighted by atomic mass is 10.0. The van der Waals surface area contributed by atoms with E-state index in [9.17, 15) is 0 Å². The van der Waals surface area contributed by atoms with Crippen LogP contribution in [0.15, 0.2) is 0 Å². The van der Waals surface area contributed by atoms with E-state index in [2.05, 4.69) is 6.92 Å². The Balaban J connectivity index is 0. The van der Waals surface area contributed by atoms with Crippen molar-refractivity contribution in [3.63, 3.8) is 0 Å². The van der Waals surface area contributed by atoms with Crippen molar-refractivity contribution < 1.29 is 14.3 Å². The minimum Gasteiger partial charge on any atom is -0.344 e. The van der Waals surface area contributed by atoms with Crippen LogP contribution in [0.4, 0.5) is 0 Å². The number of unbranched alkanes of at least 4 members (excludes halogenated alkanes) is 19. The minimum absolute atomic E-state index is 0. The van der Waals surface area contributed by atoms with Gasteiger partial charge in [-0.2, -0.15) is 0 Å². The summed E-state index contributed by atoms with van der Waals surface area (Å²) in [6.45, 7) is 2.77. The quantitative estimate of drug-likeness (QED) is 0.125. The van der Waals surface area contributed by atoms with Gasteiger partial charge in [0.2, 0.25) is 0 Å². The van der Waals surface area contributed by atoms with Crippen molar-refractivity contribution in [3.8, 4) is 0 Å². The zero-order valence-corrected chi connectivity index (χ0v) is 19.2. The first-order valence-electron chi connectivity index (χ1n) is 11.6. The van der Waals surface area contributed by atoms with E-state index in [0.717, 1.165) is 12.8 Å². The first-order valence-corrected chi connectivity index (χ1v) is 12.7. The third kappa shape index (κ3) is 28.6. The number of hydrogen-bond donors (Lipinski definition) is 3. The molecule has 0 unspecified atom stereocenters. The predicted octanol–water partition coefficient (Wildman–Crippen LogP) is 8.20. The lowest BCUT2D eigenvalue weighted by Crippen LogP contribution is -1.89. The van der Waals surface area contributed by atoms with Crippen molar-refractivity contribution >= 4 is 8.60 Å². The Morgan fingerprint density at radius 3 is 1.00 bits per heavy atom. The van der Waals surface area contributed by atoms with Gasteiger partial charge in [0, 0.05) is 0 Å². The summed E-state index contributed by atoms with van der Waals surface area (Å²) in [4.78, 5) is 17.2. The fraction of sp³-hybridized carbons (Fsp3) is 1.00. The van der Waals surface area contributed by atoms with E-state index in [0.29, 0.717) is 6.61 Å². The second-order valence-corrected chi connectivity index (χ2v) is 8.57. The molecule has 0 rings (SSSR count). The number of rotatable bonds is 22. The van der Waals surface area contributed by atoms with E-state index in [4.69, 9.17) is 14.3 Å². The van der Waals surface area contributed by atoms with Crippen molar-refractivity contribution in [1.29, 1.82) is 0 Å². The van der Waals surface area contributed by atoms with Crippen molar-refractivity contribution in [2.24, 2.45) is 0 Å².